The van der Waals surface area contributed by atoms with Crippen LogP contribution in [0.25, 0.3) is 0 Å². The van der Waals surface area contributed by atoms with E-state index in [0.717, 1.165) is 29.4 Å². The van der Waals surface area contributed by atoms with Gasteiger partial charge in [-0.2, -0.15) is 5.10 Å². The van der Waals surface area contributed by atoms with Crippen LogP contribution in [-0.4, -0.2) is 25.8 Å². The Labute approximate surface area is 98.3 Å². The van der Waals surface area contributed by atoms with Crippen molar-refractivity contribution in [3.63, 3.8) is 0 Å². The van der Waals surface area contributed by atoms with Crippen LogP contribution in [-0.2, 0) is 19.9 Å². The second kappa shape index (κ2) is 4.71. The lowest BCUT2D eigenvalue weighted by molar-refractivity contribution is 0.601. The zero-order chi connectivity index (χ0) is 11.5. The Morgan fingerprint density at radius 3 is 2.88 bits per heavy atom. The number of thiazole rings is 1. The molecule has 0 amide bonds. The highest BCUT2D eigenvalue weighted by Gasteiger charge is 2.11. The van der Waals surface area contributed by atoms with E-state index in [-0.39, 0.29) is 6.04 Å². The summed E-state index contributed by atoms with van der Waals surface area (Å²) >= 11 is 1.66. The molecular formula is C10H15N5S. The molecule has 5 nitrogen and oxygen atoms in total. The van der Waals surface area contributed by atoms with Crippen molar-refractivity contribution in [2.24, 2.45) is 12.8 Å². The summed E-state index contributed by atoms with van der Waals surface area (Å²) in [5.74, 6) is 0.917. The van der Waals surface area contributed by atoms with Crippen molar-refractivity contribution in [2.75, 3.05) is 0 Å². The predicted molar refractivity (Wildman–Crippen MR) is 63.2 cm³/mol. The number of hydrogen-bond donors (Lipinski definition) is 1. The van der Waals surface area contributed by atoms with Crippen molar-refractivity contribution < 1.29 is 0 Å². The average molecular weight is 237 g/mol. The van der Waals surface area contributed by atoms with Crippen LogP contribution < -0.4 is 5.73 Å². The van der Waals surface area contributed by atoms with Crippen molar-refractivity contribution in [1.29, 1.82) is 0 Å². The number of aromatic nitrogens is 4. The molecule has 0 aliphatic rings. The smallest absolute Gasteiger partial charge is 0.138 e. The molecule has 0 saturated heterocycles. The van der Waals surface area contributed by atoms with Crippen LogP contribution >= 0.6 is 11.3 Å². The minimum absolute atomic E-state index is 0.0495. The second-order valence-electron chi connectivity index (χ2n) is 3.85. The molecule has 0 spiro atoms. The molecule has 1 unspecified atom stereocenters. The highest BCUT2D eigenvalue weighted by Crippen LogP contribution is 2.11. The van der Waals surface area contributed by atoms with Crippen LogP contribution in [0, 0.1) is 6.92 Å². The lowest BCUT2D eigenvalue weighted by atomic mass is 10.1. The Morgan fingerprint density at radius 1 is 1.50 bits per heavy atom. The molecule has 2 aromatic rings. The fourth-order valence-corrected chi connectivity index (χ4v) is 2.40. The Morgan fingerprint density at radius 2 is 2.31 bits per heavy atom. The fourth-order valence-electron chi connectivity index (χ4n) is 1.53. The lowest BCUT2D eigenvalue weighted by Crippen LogP contribution is -2.27. The first kappa shape index (κ1) is 11.2. The topological polar surface area (TPSA) is 69.6 Å². The van der Waals surface area contributed by atoms with Crippen molar-refractivity contribution in [3.05, 3.63) is 28.2 Å². The maximum Gasteiger partial charge on any atom is 0.138 e. The third-order valence-electron chi connectivity index (χ3n) is 2.35. The fraction of sp³-hybridized carbons (Fsp3) is 0.500. The van der Waals surface area contributed by atoms with Gasteiger partial charge in [0.15, 0.2) is 0 Å². The van der Waals surface area contributed by atoms with E-state index in [9.17, 15) is 0 Å². The summed E-state index contributed by atoms with van der Waals surface area (Å²) in [5, 5.41) is 7.15. The number of nitrogens with zero attached hydrogens (tertiary/aromatic N) is 4. The molecule has 2 rings (SSSR count). The molecule has 2 aromatic heterocycles. The maximum atomic E-state index is 6.06. The first-order chi connectivity index (χ1) is 7.65. The summed E-state index contributed by atoms with van der Waals surface area (Å²) in [6.45, 7) is 1.99. The summed E-state index contributed by atoms with van der Waals surface area (Å²) in [6, 6.07) is 0.0495. The van der Waals surface area contributed by atoms with E-state index in [4.69, 9.17) is 5.73 Å². The molecule has 0 fully saturated rings. The SMILES string of the molecule is Cc1csc(CC(N)Cc2ncnn2C)n1. The van der Waals surface area contributed by atoms with Gasteiger partial charge in [-0.25, -0.2) is 9.97 Å². The van der Waals surface area contributed by atoms with E-state index in [1.165, 1.54) is 0 Å². The molecule has 1 atom stereocenters. The third kappa shape index (κ3) is 2.65. The van der Waals surface area contributed by atoms with Crippen LogP contribution in [0.4, 0.5) is 0 Å². The largest absolute Gasteiger partial charge is 0.327 e. The maximum absolute atomic E-state index is 6.06. The Balaban J connectivity index is 1.94. The van der Waals surface area contributed by atoms with Gasteiger partial charge >= 0.3 is 0 Å². The van der Waals surface area contributed by atoms with Gasteiger partial charge in [0.05, 0.1) is 5.01 Å². The highest BCUT2D eigenvalue weighted by molar-refractivity contribution is 7.09. The van der Waals surface area contributed by atoms with Crippen molar-refractivity contribution >= 4 is 11.3 Å². The standard InChI is InChI=1S/C10H15N5S/c1-7-5-16-10(14-7)4-8(11)3-9-12-6-13-15(9)2/h5-6,8H,3-4,11H2,1-2H3. The molecule has 16 heavy (non-hydrogen) atoms. The molecule has 2 heterocycles. The normalized spacial score (nSPS) is 12.9. The molecular weight excluding hydrogens is 222 g/mol. The molecule has 2 N–H and O–H groups in total. The summed E-state index contributed by atoms with van der Waals surface area (Å²) in [6.07, 6.45) is 3.08. The first-order valence-electron chi connectivity index (χ1n) is 5.14. The minimum Gasteiger partial charge on any atom is -0.327 e. The second-order valence-corrected chi connectivity index (χ2v) is 4.79. The third-order valence-corrected chi connectivity index (χ3v) is 3.34. The minimum atomic E-state index is 0.0495. The monoisotopic (exact) mass is 237 g/mol. The summed E-state index contributed by atoms with van der Waals surface area (Å²) in [7, 11) is 1.88. The Hall–Kier alpha value is -1.27. The molecule has 0 aliphatic heterocycles. The van der Waals surface area contributed by atoms with Gasteiger partial charge in [0.25, 0.3) is 0 Å². The first-order valence-corrected chi connectivity index (χ1v) is 6.02. The van der Waals surface area contributed by atoms with Gasteiger partial charge in [0, 0.05) is 37.0 Å². The molecule has 86 valence electrons. The predicted octanol–water partition coefficient (Wildman–Crippen LogP) is 0.693. The van der Waals surface area contributed by atoms with E-state index >= 15 is 0 Å². The van der Waals surface area contributed by atoms with Crippen molar-refractivity contribution in [2.45, 2.75) is 25.8 Å². The summed E-state index contributed by atoms with van der Waals surface area (Å²) < 4.78 is 1.76. The molecule has 0 aromatic carbocycles. The number of aryl methyl sites for hydroxylation is 2. The van der Waals surface area contributed by atoms with Crippen LogP contribution in [0.1, 0.15) is 16.5 Å². The average Bonchev–Trinajstić information content (AvgIpc) is 2.77. The lowest BCUT2D eigenvalue weighted by Gasteiger charge is -2.08. The van der Waals surface area contributed by atoms with Crippen LogP contribution in [0.5, 0.6) is 0 Å². The molecule has 0 aliphatic carbocycles. The van der Waals surface area contributed by atoms with Gasteiger partial charge in [-0.15, -0.1) is 11.3 Å². The number of nitrogens with two attached hydrogens (primary N) is 1. The highest BCUT2D eigenvalue weighted by atomic mass is 32.1. The van der Waals surface area contributed by atoms with E-state index in [1.807, 2.05) is 19.4 Å². The van der Waals surface area contributed by atoms with Gasteiger partial charge in [-0.05, 0) is 6.92 Å². The van der Waals surface area contributed by atoms with Gasteiger partial charge in [0.2, 0.25) is 0 Å². The summed E-state index contributed by atoms with van der Waals surface area (Å²) in [4.78, 5) is 8.56. The molecule has 0 bridgehead atoms. The Kier molecular flexibility index (Phi) is 3.31. The van der Waals surface area contributed by atoms with E-state index in [2.05, 4.69) is 15.1 Å². The summed E-state index contributed by atoms with van der Waals surface area (Å²) in [5.41, 5.74) is 7.12. The van der Waals surface area contributed by atoms with E-state index < -0.39 is 0 Å². The van der Waals surface area contributed by atoms with Gasteiger partial charge in [-0.3, -0.25) is 4.68 Å². The van der Waals surface area contributed by atoms with Crippen molar-refractivity contribution in [1.82, 2.24) is 19.7 Å². The van der Waals surface area contributed by atoms with Crippen LogP contribution in [0.3, 0.4) is 0 Å². The van der Waals surface area contributed by atoms with Crippen LogP contribution in [0.2, 0.25) is 0 Å². The molecule has 6 heteroatoms. The van der Waals surface area contributed by atoms with Crippen molar-refractivity contribution in [3.8, 4) is 0 Å². The van der Waals surface area contributed by atoms with Gasteiger partial charge in [-0.1, -0.05) is 0 Å². The van der Waals surface area contributed by atoms with Gasteiger partial charge < -0.3 is 5.73 Å². The quantitative estimate of drug-likeness (QED) is 0.849. The van der Waals surface area contributed by atoms with E-state index in [1.54, 1.807) is 22.3 Å². The molecule has 0 radical (unpaired) electrons. The molecule has 0 saturated carbocycles. The number of hydrogen-bond acceptors (Lipinski definition) is 5. The zero-order valence-electron chi connectivity index (χ0n) is 9.42. The van der Waals surface area contributed by atoms with Gasteiger partial charge in [0.1, 0.15) is 12.2 Å². The zero-order valence-corrected chi connectivity index (χ0v) is 10.2. The van der Waals surface area contributed by atoms with Crippen LogP contribution in [0.15, 0.2) is 11.7 Å². The van der Waals surface area contributed by atoms with E-state index in [0.29, 0.717) is 0 Å². The number of rotatable bonds is 4. The Bertz CT molecular complexity index is 461.